The van der Waals surface area contributed by atoms with Gasteiger partial charge < -0.3 is 14.9 Å². The van der Waals surface area contributed by atoms with Crippen LogP contribution in [0.3, 0.4) is 0 Å². The highest BCUT2D eigenvalue weighted by Gasteiger charge is 2.19. The summed E-state index contributed by atoms with van der Waals surface area (Å²) in [5.41, 5.74) is 0. The van der Waals surface area contributed by atoms with Crippen LogP contribution < -0.4 is 0 Å². The van der Waals surface area contributed by atoms with Gasteiger partial charge in [0.1, 0.15) is 0 Å². The number of cyclic esters (lactones) is 1. The number of aliphatic hydroxyl groups excluding tert-OH is 2. The van der Waals surface area contributed by atoms with E-state index in [1.807, 2.05) is 0 Å². The second kappa shape index (κ2) is 9.34. The topological polar surface area (TPSA) is 66.8 Å². The zero-order valence-corrected chi connectivity index (χ0v) is 11.1. The molecule has 1 saturated carbocycles. The highest BCUT2D eigenvalue weighted by Crippen LogP contribution is 2.27. The number of hydrogen-bond donors (Lipinski definition) is 2. The fourth-order valence-corrected chi connectivity index (χ4v) is 2.40. The van der Waals surface area contributed by atoms with Gasteiger partial charge in [-0.3, -0.25) is 4.79 Å². The molecule has 18 heavy (non-hydrogen) atoms. The molecule has 0 bridgehead atoms. The Balaban J connectivity index is 0.000000184. The van der Waals surface area contributed by atoms with Gasteiger partial charge in [-0.05, 0) is 56.8 Å². The van der Waals surface area contributed by atoms with Crippen LogP contribution in [0.15, 0.2) is 0 Å². The van der Waals surface area contributed by atoms with Crippen molar-refractivity contribution in [2.75, 3.05) is 19.8 Å². The Morgan fingerprint density at radius 3 is 2.00 bits per heavy atom. The van der Waals surface area contributed by atoms with Gasteiger partial charge in [0.05, 0.1) is 6.61 Å². The van der Waals surface area contributed by atoms with E-state index in [1.165, 1.54) is 0 Å². The number of rotatable bonds is 2. The van der Waals surface area contributed by atoms with Crippen LogP contribution in [-0.2, 0) is 9.53 Å². The maximum absolute atomic E-state index is 10.5. The molecule has 0 atom stereocenters. The van der Waals surface area contributed by atoms with Crippen LogP contribution in [0.4, 0.5) is 0 Å². The third kappa shape index (κ3) is 6.36. The Kier molecular flexibility index (Phi) is 8.01. The van der Waals surface area contributed by atoms with Crippen molar-refractivity contribution in [2.24, 2.45) is 11.8 Å². The monoisotopic (exact) mass is 258 g/mol. The van der Waals surface area contributed by atoms with Gasteiger partial charge in [-0.15, -0.1) is 0 Å². The second-order valence-corrected chi connectivity index (χ2v) is 5.28. The summed E-state index contributed by atoms with van der Waals surface area (Å²) in [6.07, 6.45) is 8.23. The predicted molar refractivity (Wildman–Crippen MR) is 69.0 cm³/mol. The van der Waals surface area contributed by atoms with Crippen molar-refractivity contribution in [3.8, 4) is 0 Å². The Labute approximate surface area is 109 Å². The van der Waals surface area contributed by atoms with Gasteiger partial charge in [-0.1, -0.05) is 0 Å². The Morgan fingerprint density at radius 1 is 0.944 bits per heavy atom. The number of ether oxygens (including phenoxy) is 1. The van der Waals surface area contributed by atoms with Crippen LogP contribution in [0.5, 0.6) is 0 Å². The van der Waals surface area contributed by atoms with Gasteiger partial charge in [0, 0.05) is 19.6 Å². The van der Waals surface area contributed by atoms with Gasteiger partial charge in [0.2, 0.25) is 0 Å². The zero-order valence-electron chi connectivity index (χ0n) is 11.1. The van der Waals surface area contributed by atoms with Crippen LogP contribution >= 0.6 is 0 Å². The molecule has 106 valence electrons. The molecule has 2 rings (SSSR count). The maximum Gasteiger partial charge on any atom is 0.305 e. The maximum atomic E-state index is 10.5. The van der Waals surface area contributed by atoms with Crippen molar-refractivity contribution in [3.63, 3.8) is 0 Å². The van der Waals surface area contributed by atoms with E-state index in [0.717, 1.165) is 44.9 Å². The average Bonchev–Trinajstić information content (AvgIpc) is 2.67. The molecule has 0 aromatic rings. The minimum Gasteiger partial charge on any atom is -0.466 e. The van der Waals surface area contributed by atoms with E-state index in [4.69, 9.17) is 14.9 Å². The summed E-state index contributed by atoms with van der Waals surface area (Å²) >= 11 is 0. The summed E-state index contributed by atoms with van der Waals surface area (Å²) in [4.78, 5) is 10.5. The quantitative estimate of drug-likeness (QED) is 0.742. The van der Waals surface area contributed by atoms with Crippen molar-refractivity contribution < 1.29 is 19.7 Å². The van der Waals surface area contributed by atoms with E-state index in [2.05, 4.69) is 0 Å². The highest BCUT2D eigenvalue weighted by atomic mass is 16.5. The molecule has 1 saturated heterocycles. The standard InChI is InChI=1S/C8H16O2.C6H10O2/c9-5-7-1-2-8(6-10)4-3-7;7-6-4-2-1-3-5-8-6/h7-10H,1-6H2;1-5H2. The zero-order chi connectivity index (χ0) is 13.2. The molecule has 2 fully saturated rings. The summed E-state index contributed by atoms with van der Waals surface area (Å²) < 4.78 is 4.76. The van der Waals surface area contributed by atoms with Gasteiger partial charge in [-0.2, -0.15) is 0 Å². The molecule has 0 amide bonds. The number of carbonyl (C=O) groups excluding carboxylic acids is 1. The molecule has 4 heteroatoms. The van der Waals surface area contributed by atoms with Crippen LogP contribution in [-0.4, -0.2) is 36.0 Å². The first kappa shape index (κ1) is 15.4. The van der Waals surface area contributed by atoms with Crippen LogP contribution in [0.25, 0.3) is 0 Å². The van der Waals surface area contributed by atoms with E-state index in [1.54, 1.807) is 0 Å². The van der Waals surface area contributed by atoms with E-state index in [0.29, 0.717) is 38.1 Å². The molecular weight excluding hydrogens is 232 g/mol. The summed E-state index contributed by atoms with van der Waals surface area (Å²) in [5, 5.41) is 17.6. The minimum absolute atomic E-state index is 0.0255. The van der Waals surface area contributed by atoms with Gasteiger partial charge in [0.25, 0.3) is 0 Å². The Hall–Kier alpha value is -0.610. The molecule has 0 aromatic heterocycles. The molecule has 1 heterocycles. The smallest absolute Gasteiger partial charge is 0.305 e. The summed E-state index contributed by atoms with van der Waals surface area (Å²) in [6, 6.07) is 0. The number of aliphatic hydroxyl groups is 2. The Morgan fingerprint density at radius 2 is 1.50 bits per heavy atom. The van der Waals surface area contributed by atoms with E-state index >= 15 is 0 Å². The molecule has 1 aliphatic heterocycles. The van der Waals surface area contributed by atoms with Crippen molar-refractivity contribution in [1.82, 2.24) is 0 Å². The number of carbonyl (C=O) groups is 1. The van der Waals surface area contributed by atoms with Crippen molar-refractivity contribution in [2.45, 2.75) is 51.4 Å². The lowest BCUT2D eigenvalue weighted by atomic mass is 9.83. The molecule has 0 aromatic carbocycles. The summed E-state index contributed by atoms with van der Waals surface area (Å²) in [5.74, 6) is 1.01. The van der Waals surface area contributed by atoms with E-state index in [9.17, 15) is 4.79 Å². The van der Waals surface area contributed by atoms with Crippen molar-refractivity contribution >= 4 is 5.97 Å². The lowest BCUT2D eigenvalue weighted by Gasteiger charge is -2.25. The predicted octanol–water partition coefficient (Wildman–Crippen LogP) is 1.88. The average molecular weight is 258 g/mol. The Bertz CT molecular complexity index is 200. The first-order valence-corrected chi connectivity index (χ1v) is 7.13. The first-order chi connectivity index (χ1) is 8.76. The van der Waals surface area contributed by atoms with Crippen LogP contribution in [0.2, 0.25) is 0 Å². The largest absolute Gasteiger partial charge is 0.466 e. The second-order valence-electron chi connectivity index (χ2n) is 5.28. The normalized spacial score (nSPS) is 28.7. The number of hydrogen-bond acceptors (Lipinski definition) is 4. The van der Waals surface area contributed by atoms with Gasteiger partial charge in [-0.25, -0.2) is 0 Å². The van der Waals surface area contributed by atoms with E-state index < -0.39 is 0 Å². The molecule has 4 nitrogen and oxygen atoms in total. The molecule has 2 aliphatic rings. The third-order valence-corrected chi connectivity index (χ3v) is 3.77. The van der Waals surface area contributed by atoms with Gasteiger partial charge in [0.15, 0.2) is 0 Å². The third-order valence-electron chi connectivity index (χ3n) is 3.77. The number of esters is 1. The highest BCUT2D eigenvalue weighted by molar-refractivity contribution is 5.69. The van der Waals surface area contributed by atoms with Gasteiger partial charge >= 0.3 is 5.97 Å². The lowest BCUT2D eigenvalue weighted by molar-refractivity contribution is -0.142. The van der Waals surface area contributed by atoms with E-state index in [-0.39, 0.29) is 5.97 Å². The minimum atomic E-state index is -0.0255. The summed E-state index contributed by atoms with van der Waals surface area (Å²) in [6.45, 7) is 1.30. The molecule has 0 spiro atoms. The van der Waals surface area contributed by atoms with Crippen molar-refractivity contribution in [3.05, 3.63) is 0 Å². The summed E-state index contributed by atoms with van der Waals surface area (Å²) in [7, 11) is 0. The molecule has 1 aliphatic carbocycles. The van der Waals surface area contributed by atoms with Crippen LogP contribution in [0.1, 0.15) is 51.4 Å². The molecular formula is C14H26O4. The van der Waals surface area contributed by atoms with Crippen molar-refractivity contribution in [1.29, 1.82) is 0 Å². The molecule has 2 N–H and O–H groups in total. The molecule has 0 radical (unpaired) electrons. The van der Waals surface area contributed by atoms with Crippen LogP contribution in [0, 0.1) is 11.8 Å². The first-order valence-electron chi connectivity index (χ1n) is 7.13. The lowest BCUT2D eigenvalue weighted by Crippen LogP contribution is -2.19. The molecule has 0 unspecified atom stereocenters. The fourth-order valence-electron chi connectivity index (χ4n) is 2.40. The fraction of sp³-hybridized carbons (Fsp3) is 0.929. The SMILES string of the molecule is O=C1CCCCCO1.OCC1CCC(CO)CC1.